The average Bonchev–Trinajstić information content (AvgIpc) is 3.20. The number of carbonyl (C=O) groups is 2. The van der Waals surface area contributed by atoms with Crippen molar-refractivity contribution in [2.45, 2.75) is 65.7 Å². The number of ether oxygens (including phenoxy) is 2. The molecule has 1 aromatic heterocycles. The van der Waals surface area contributed by atoms with Crippen molar-refractivity contribution in [2.75, 3.05) is 6.54 Å². The number of carboxylic acid groups (broad SMARTS) is 1. The maximum absolute atomic E-state index is 13.3. The molecular formula is C28H31FN2O6. The third kappa shape index (κ3) is 6.47. The van der Waals surface area contributed by atoms with Crippen LogP contribution in [0.5, 0.6) is 5.75 Å². The van der Waals surface area contributed by atoms with Crippen molar-refractivity contribution >= 4 is 12.1 Å². The summed E-state index contributed by atoms with van der Waals surface area (Å²) in [6.07, 6.45) is 0.483. The van der Waals surface area contributed by atoms with Gasteiger partial charge in [0.2, 0.25) is 5.89 Å². The van der Waals surface area contributed by atoms with Crippen LogP contribution in [-0.4, -0.2) is 39.2 Å². The van der Waals surface area contributed by atoms with Gasteiger partial charge in [-0.2, -0.15) is 0 Å². The molecule has 2 heterocycles. The zero-order valence-electron chi connectivity index (χ0n) is 21.5. The van der Waals surface area contributed by atoms with Crippen LogP contribution in [0.25, 0.3) is 11.5 Å². The van der Waals surface area contributed by atoms with Gasteiger partial charge in [0.25, 0.3) is 0 Å². The summed E-state index contributed by atoms with van der Waals surface area (Å²) < 4.78 is 30.7. The largest absolute Gasteiger partial charge is 0.487 e. The molecule has 196 valence electrons. The maximum Gasteiger partial charge on any atom is 0.410 e. The summed E-state index contributed by atoms with van der Waals surface area (Å²) in [7, 11) is 0. The van der Waals surface area contributed by atoms with E-state index in [0.29, 0.717) is 54.6 Å². The van der Waals surface area contributed by atoms with Gasteiger partial charge >= 0.3 is 12.1 Å². The van der Waals surface area contributed by atoms with Gasteiger partial charge in [-0.05, 0) is 82.0 Å². The summed E-state index contributed by atoms with van der Waals surface area (Å²) in [6.45, 7) is 8.18. The first-order valence-corrected chi connectivity index (χ1v) is 12.2. The van der Waals surface area contributed by atoms with Gasteiger partial charge in [0, 0.05) is 30.6 Å². The number of aliphatic carboxylic acids is 1. The molecule has 0 radical (unpaired) electrons. The second-order valence-corrected chi connectivity index (χ2v) is 10.0. The minimum Gasteiger partial charge on any atom is -0.487 e. The highest BCUT2D eigenvalue weighted by Gasteiger charge is 2.29. The summed E-state index contributed by atoms with van der Waals surface area (Å²) in [5.74, 6) is 0.422. The average molecular weight is 511 g/mol. The molecule has 0 saturated heterocycles. The molecule has 0 aliphatic carbocycles. The molecule has 8 nitrogen and oxygen atoms in total. The molecule has 9 heteroatoms. The SMILES string of the molecule is Cc1oc(-c2ccc(F)cc2)nc1COc1ccc(CCC(=O)O)c2c1CCN(C(=O)OC(C)(C)C)C2. The van der Waals surface area contributed by atoms with Crippen molar-refractivity contribution < 1.29 is 33.0 Å². The molecule has 3 aromatic rings. The van der Waals surface area contributed by atoms with Crippen LogP contribution in [0.4, 0.5) is 9.18 Å². The number of fused-ring (bicyclic) bond motifs is 1. The van der Waals surface area contributed by atoms with Gasteiger partial charge in [0.05, 0.1) is 0 Å². The minimum atomic E-state index is -0.882. The third-order valence-corrected chi connectivity index (χ3v) is 6.07. The number of benzene rings is 2. The number of carbonyl (C=O) groups excluding carboxylic acids is 1. The Morgan fingerprint density at radius 2 is 1.86 bits per heavy atom. The molecule has 0 spiro atoms. The normalized spacial score (nSPS) is 13.3. The van der Waals surface area contributed by atoms with Crippen molar-refractivity contribution in [3.8, 4) is 17.2 Å². The highest BCUT2D eigenvalue weighted by atomic mass is 19.1. The quantitative estimate of drug-likeness (QED) is 0.436. The van der Waals surface area contributed by atoms with E-state index in [4.69, 9.17) is 13.9 Å². The Balaban J connectivity index is 1.55. The van der Waals surface area contributed by atoms with Crippen LogP contribution in [0.2, 0.25) is 0 Å². The van der Waals surface area contributed by atoms with Crippen LogP contribution in [0.15, 0.2) is 40.8 Å². The van der Waals surface area contributed by atoms with Crippen molar-refractivity contribution in [1.29, 1.82) is 0 Å². The van der Waals surface area contributed by atoms with E-state index in [9.17, 15) is 19.1 Å². The molecule has 0 saturated carbocycles. The monoisotopic (exact) mass is 510 g/mol. The molecular weight excluding hydrogens is 479 g/mol. The number of hydrogen-bond donors (Lipinski definition) is 1. The molecule has 0 bridgehead atoms. The molecule has 1 aliphatic heterocycles. The highest BCUT2D eigenvalue weighted by Crippen LogP contribution is 2.33. The van der Waals surface area contributed by atoms with Crippen LogP contribution in [-0.2, 0) is 35.5 Å². The zero-order valence-corrected chi connectivity index (χ0v) is 21.5. The second-order valence-electron chi connectivity index (χ2n) is 10.0. The van der Waals surface area contributed by atoms with Crippen molar-refractivity contribution in [2.24, 2.45) is 0 Å². The van der Waals surface area contributed by atoms with Gasteiger partial charge in [-0.3, -0.25) is 4.79 Å². The van der Waals surface area contributed by atoms with E-state index in [0.717, 1.165) is 16.7 Å². The van der Waals surface area contributed by atoms with E-state index < -0.39 is 17.7 Å². The van der Waals surface area contributed by atoms with Gasteiger partial charge < -0.3 is 23.9 Å². The molecule has 0 unspecified atom stereocenters. The molecule has 1 aliphatic rings. The van der Waals surface area contributed by atoms with Crippen molar-refractivity contribution in [1.82, 2.24) is 9.88 Å². The van der Waals surface area contributed by atoms with Crippen molar-refractivity contribution in [3.05, 3.63) is 70.4 Å². The van der Waals surface area contributed by atoms with Gasteiger partial charge in [0.1, 0.15) is 35.2 Å². The standard InChI is InChI=1S/C28H31FN2O6/c1-17-23(30-26(36-17)19-5-9-20(29)10-6-19)16-35-24-11-7-18(8-12-25(32)33)22-15-31(14-13-21(22)24)27(34)37-28(2,3)4/h5-7,9-11H,8,12-16H2,1-4H3,(H,32,33). The van der Waals surface area contributed by atoms with E-state index in [1.165, 1.54) is 12.1 Å². The molecule has 1 N–H and O–H groups in total. The third-order valence-electron chi connectivity index (χ3n) is 6.07. The Kier molecular flexibility index (Phi) is 7.52. The molecule has 0 atom stereocenters. The Hall–Kier alpha value is -3.88. The maximum atomic E-state index is 13.3. The van der Waals surface area contributed by atoms with Crippen molar-refractivity contribution in [3.63, 3.8) is 0 Å². The lowest BCUT2D eigenvalue weighted by atomic mass is 9.92. The molecule has 37 heavy (non-hydrogen) atoms. The number of aromatic nitrogens is 1. The van der Waals surface area contributed by atoms with Crippen LogP contribution < -0.4 is 4.74 Å². The fourth-order valence-corrected chi connectivity index (χ4v) is 4.23. The van der Waals surface area contributed by atoms with Crippen LogP contribution in [0.3, 0.4) is 0 Å². The summed E-state index contributed by atoms with van der Waals surface area (Å²) in [5, 5.41) is 9.19. The molecule has 2 aromatic carbocycles. The molecule has 1 amide bonds. The lowest BCUT2D eigenvalue weighted by Crippen LogP contribution is -2.40. The summed E-state index contributed by atoms with van der Waals surface area (Å²) in [6, 6.07) is 9.61. The topological polar surface area (TPSA) is 102 Å². The Labute approximate surface area is 215 Å². The van der Waals surface area contributed by atoms with Crippen LogP contribution >= 0.6 is 0 Å². The summed E-state index contributed by atoms with van der Waals surface area (Å²) in [4.78, 5) is 30.1. The van der Waals surface area contributed by atoms with E-state index >= 15 is 0 Å². The zero-order chi connectivity index (χ0) is 26.7. The van der Waals surface area contributed by atoms with E-state index in [1.54, 1.807) is 24.0 Å². The summed E-state index contributed by atoms with van der Waals surface area (Å²) in [5.41, 5.74) is 3.38. The fraction of sp³-hybridized carbons (Fsp3) is 0.393. The van der Waals surface area contributed by atoms with Gasteiger partial charge in [-0.15, -0.1) is 0 Å². The molecule has 4 rings (SSSR count). The first kappa shape index (κ1) is 26.2. The number of hydrogen-bond acceptors (Lipinski definition) is 6. The summed E-state index contributed by atoms with van der Waals surface area (Å²) >= 11 is 0. The predicted molar refractivity (Wildman–Crippen MR) is 134 cm³/mol. The first-order valence-electron chi connectivity index (χ1n) is 12.2. The highest BCUT2D eigenvalue weighted by molar-refractivity contribution is 5.69. The number of amides is 1. The van der Waals surface area contributed by atoms with Crippen LogP contribution in [0.1, 0.15) is 55.3 Å². The Morgan fingerprint density at radius 1 is 1.14 bits per heavy atom. The number of carboxylic acids is 1. The number of aryl methyl sites for hydroxylation is 2. The van der Waals surface area contributed by atoms with Gasteiger partial charge in [0.15, 0.2) is 0 Å². The van der Waals surface area contributed by atoms with E-state index in [2.05, 4.69) is 4.98 Å². The lowest BCUT2D eigenvalue weighted by molar-refractivity contribution is -0.136. The fourth-order valence-electron chi connectivity index (χ4n) is 4.23. The van der Waals surface area contributed by atoms with Gasteiger partial charge in [-0.1, -0.05) is 6.07 Å². The first-order chi connectivity index (χ1) is 17.5. The van der Waals surface area contributed by atoms with Crippen LogP contribution in [0, 0.1) is 12.7 Å². The lowest BCUT2D eigenvalue weighted by Gasteiger charge is -2.33. The van der Waals surface area contributed by atoms with Gasteiger partial charge in [-0.25, -0.2) is 14.2 Å². The molecule has 0 fully saturated rings. The van der Waals surface area contributed by atoms with E-state index in [1.807, 2.05) is 32.9 Å². The number of rotatable bonds is 7. The van der Waals surface area contributed by atoms with E-state index in [-0.39, 0.29) is 18.8 Å². The Morgan fingerprint density at radius 3 is 2.54 bits per heavy atom. The number of halogens is 1. The predicted octanol–water partition coefficient (Wildman–Crippen LogP) is 5.68. The smallest absolute Gasteiger partial charge is 0.410 e. The number of nitrogens with zero attached hydrogens (tertiary/aromatic N) is 2. The minimum absolute atomic E-state index is 0.0105. The second kappa shape index (κ2) is 10.6. The Bertz CT molecular complexity index is 1290. The number of oxazole rings is 1.